The standard InChI is InChI=1S/C23H30O7/c1-19(24)13-9-5-3-4-6-10-14-20(17-18-22(27)29-2)30-23(28)16-12-8-7-11-15-21(25)26/h3-4,7-8,10-12,14-20,24H,5-6,9,13H2,1-2H3,(H,25,26)/b4-3+,8-7+,14-10+,15-11+,16-12-,18-17+. The minimum atomic E-state index is -1.07. The van der Waals surface area contributed by atoms with E-state index >= 15 is 0 Å². The van der Waals surface area contributed by atoms with Gasteiger partial charge in [-0.2, -0.15) is 0 Å². The van der Waals surface area contributed by atoms with Crippen molar-refractivity contribution in [1.29, 1.82) is 0 Å². The Labute approximate surface area is 177 Å². The maximum absolute atomic E-state index is 11.9. The van der Waals surface area contributed by atoms with Gasteiger partial charge in [0.1, 0.15) is 6.10 Å². The lowest BCUT2D eigenvalue weighted by Crippen LogP contribution is -2.12. The number of aliphatic carboxylic acids is 1. The monoisotopic (exact) mass is 418 g/mol. The minimum absolute atomic E-state index is 0.291. The molecule has 0 spiro atoms. The summed E-state index contributed by atoms with van der Waals surface area (Å²) >= 11 is 0. The fourth-order valence-electron chi connectivity index (χ4n) is 1.99. The van der Waals surface area contributed by atoms with E-state index in [-0.39, 0.29) is 6.10 Å². The van der Waals surface area contributed by atoms with Crippen molar-refractivity contribution in [3.8, 4) is 0 Å². The van der Waals surface area contributed by atoms with Crippen molar-refractivity contribution in [3.63, 3.8) is 0 Å². The topological polar surface area (TPSA) is 110 Å². The lowest BCUT2D eigenvalue weighted by Gasteiger charge is -2.08. The van der Waals surface area contributed by atoms with Crippen LogP contribution >= 0.6 is 0 Å². The van der Waals surface area contributed by atoms with Gasteiger partial charge in [0.15, 0.2) is 0 Å². The first-order valence-corrected chi connectivity index (χ1v) is 9.56. The van der Waals surface area contributed by atoms with Crippen LogP contribution in [0.5, 0.6) is 0 Å². The number of carboxylic acid groups (broad SMARTS) is 1. The third kappa shape index (κ3) is 18.2. The Kier molecular flexibility index (Phi) is 16.0. The number of allylic oxidation sites excluding steroid dienone is 7. The molecule has 7 nitrogen and oxygen atoms in total. The van der Waals surface area contributed by atoms with Crippen LogP contribution in [0, 0.1) is 0 Å². The van der Waals surface area contributed by atoms with E-state index in [4.69, 9.17) is 9.84 Å². The second kappa shape index (κ2) is 17.9. The number of aliphatic hydroxyl groups is 1. The third-order valence-electron chi connectivity index (χ3n) is 3.44. The van der Waals surface area contributed by atoms with Crippen LogP contribution in [-0.2, 0) is 23.9 Å². The molecule has 0 heterocycles. The van der Waals surface area contributed by atoms with Crippen LogP contribution < -0.4 is 0 Å². The molecule has 0 saturated carbocycles. The number of hydrogen-bond acceptors (Lipinski definition) is 6. The van der Waals surface area contributed by atoms with Crippen LogP contribution in [0.1, 0.15) is 32.6 Å². The lowest BCUT2D eigenvalue weighted by molar-refractivity contribution is -0.139. The molecule has 0 rings (SSSR count). The number of unbranched alkanes of at least 4 members (excludes halogenated alkanes) is 1. The average Bonchev–Trinajstić information content (AvgIpc) is 2.69. The zero-order valence-corrected chi connectivity index (χ0v) is 17.3. The van der Waals surface area contributed by atoms with E-state index in [0.717, 1.165) is 25.3 Å². The number of hydrogen-bond donors (Lipinski definition) is 2. The molecule has 2 N–H and O–H groups in total. The molecular weight excluding hydrogens is 388 g/mol. The molecule has 0 aliphatic rings. The summed E-state index contributed by atoms with van der Waals surface area (Å²) in [5.41, 5.74) is 0. The predicted molar refractivity (Wildman–Crippen MR) is 115 cm³/mol. The van der Waals surface area contributed by atoms with Crippen molar-refractivity contribution in [2.24, 2.45) is 0 Å². The highest BCUT2D eigenvalue weighted by Crippen LogP contribution is 2.04. The van der Waals surface area contributed by atoms with Crippen molar-refractivity contribution in [2.45, 2.75) is 44.8 Å². The number of rotatable bonds is 14. The van der Waals surface area contributed by atoms with Gasteiger partial charge in [0.25, 0.3) is 0 Å². The molecule has 0 radical (unpaired) electrons. The van der Waals surface area contributed by atoms with Crippen LogP contribution in [0.2, 0.25) is 0 Å². The highest BCUT2D eigenvalue weighted by molar-refractivity contribution is 5.84. The number of carbonyl (C=O) groups is 3. The van der Waals surface area contributed by atoms with Gasteiger partial charge in [-0.1, -0.05) is 42.5 Å². The summed E-state index contributed by atoms with van der Waals surface area (Å²) in [6.07, 6.45) is 20.0. The molecule has 0 aromatic rings. The summed E-state index contributed by atoms with van der Waals surface area (Å²) in [4.78, 5) is 33.5. The quantitative estimate of drug-likeness (QED) is 0.146. The Morgan fingerprint density at radius 2 is 1.60 bits per heavy atom. The van der Waals surface area contributed by atoms with Gasteiger partial charge >= 0.3 is 17.9 Å². The molecule has 0 aromatic heterocycles. The van der Waals surface area contributed by atoms with Gasteiger partial charge in [-0.25, -0.2) is 14.4 Å². The average molecular weight is 418 g/mol. The van der Waals surface area contributed by atoms with E-state index < -0.39 is 24.0 Å². The van der Waals surface area contributed by atoms with Gasteiger partial charge in [0.2, 0.25) is 0 Å². The van der Waals surface area contributed by atoms with E-state index in [1.54, 1.807) is 13.0 Å². The molecule has 0 bridgehead atoms. The van der Waals surface area contributed by atoms with E-state index in [1.165, 1.54) is 49.6 Å². The lowest BCUT2D eigenvalue weighted by atomic mass is 10.1. The molecule has 7 heteroatoms. The predicted octanol–water partition coefficient (Wildman–Crippen LogP) is 3.43. The van der Waals surface area contributed by atoms with Crippen LogP contribution in [0.25, 0.3) is 0 Å². The van der Waals surface area contributed by atoms with Crippen molar-refractivity contribution in [3.05, 3.63) is 72.9 Å². The molecule has 164 valence electrons. The molecule has 2 atom stereocenters. The summed E-state index contributed by atoms with van der Waals surface area (Å²) < 4.78 is 9.79. The molecule has 0 fully saturated rings. The number of esters is 2. The van der Waals surface area contributed by atoms with Gasteiger partial charge in [-0.3, -0.25) is 0 Å². The van der Waals surface area contributed by atoms with Crippen LogP contribution in [-0.4, -0.2) is 47.4 Å². The molecule has 0 aliphatic carbocycles. The number of carboxylic acids is 1. The first-order chi connectivity index (χ1) is 14.3. The molecule has 0 aliphatic heterocycles. The summed E-state index contributed by atoms with van der Waals surface area (Å²) in [5, 5.41) is 17.7. The van der Waals surface area contributed by atoms with E-state index in [0.29, 0.717) is 6.42 Å². The largest absolute Gasteiger partial charge is 0.478 e. The molecular formula is C23H30O7. The normalized spacial score (nSPS) is 14.5. The summed E-state index contributed by atoms with van der Waals surface area (Å²) in [6.45, 7) is 1.76. The Bertz CT molecular complexity index is 694. The molecule has 2 unspecified atom stereocenters. The van der Waals surface area contributed by atoms with Gasteiger partial charge in [-0.05, 0) is 44.8 Å². The number of carbonyl (C=O) groups excluding carboxylic acids is 2. The van der Waals surface area contributed by atoms with Crippen LogP contribution in [0.15, 0.2) is 72.9 Å². The van der Waals surface area contributed by atoms with Gasteiger partial charge in [0.05, 0.1) is 13.2 Å². The first-order valence-electron chi connectivity index (χ1n) is 9.56. The van der Waals surface area contributed by atoms with E-state index in [2.05, 4.69) is 4.74 Å². The Morgan fingerprint density at radius 1 is 0.900 bits per heavy atom. The van der Waals surface area contributed by atoms with Crippen LogP contribution in [0.4, 0.5) is 0 Å². The maximum Gasteiger partial charge on any atom is 0.331 e. The van der Waals surface area contributed by atoms with Gasteiger partial charge in [-0.15, -0.1) is 0 Å². The number of ether oxygens (including phenoxy) is 2. The zero-order chi connectivity index (χ0) is 22.6. The number of aliphatic hydroxyl groups excluding tert-OH is 1. The Balaban J connectivity index is 4.67. The first kappa shape index (κ1) is 26.8. The second-order valence-corrected chi connectivity index (χ2v) is 6.14. The molecule has 0 aromatic carbocycles. The molecule has 30 heavy (non-hydrogen) atoms. The minimum Gasteiger partial charge on any atom is -0.478 e. The highest BCUT2D eigenvalue weighted by Gasteiger charge is 2.06. The summed E-state index contributed by atoms with van der Waals surface area (Å²) in [7, 11) is 1.25. The third-order valence-corrected chi connectivity index (χ3v) is 3.44. The smallest absolute Gasteiger partial charge is 0.331 e. The van der Waals surface area contributed by atoms with Crippen molar-refractivity contribution < 1.29 is 34.1 Å². The highest BCUT2D eigenvalue weighted by atomic mass is 16.5. The van der Waals surface area contributed by atoms with Gasteiger partial charge < -0.3 is 19.7 Å². The summed E-state index contributed by atoms with van der Waals surface area (Å²) in [6, 6.07) is 0. The fraction of sp³-hybridized carbons (Fsp3) is 0.348. The zero-order valence-electron chi connectivity index (χ0n) is 17.3. The maximum atomic E-state index is 11.9. The Morgan fingerprint density at radius 3 is 2.23 bits per heavy atom. The van der Waals surface area contributed by atoms with Crippen molar-refractivity contribution in [2.75, 3.05) is 7.11 Å². The van der Waals surface area contributed by atoms with Crippen LogP contribution in [0.3, 0.4) is 0 Å². The van der Waals surface area contributed by atoms with Crippen molar-refractivity contribution >= 4 is 17.9 Å². The SMILES string of the molecule is COC(=O)/C=C/C(/C=C/C/C=C/CCCC(C)O)OC(=O)\C=C/C=C/C=C/C(=O)O. The molecule has 0 amide bonds. The van der Waals surface area contributed by atoms with Crippen molar-refractivity contribution in [1.82, 2.24) is 0 Å². The Hall–Kier alpha value is -3.19. The van der Waals surface area contributed by atoms with E-state index in [9.17, 15) is 19.5 Å². The fourth-order valence-corrected chi connectivity index (χ4v) is 1.99. The second-order valence-electron chi connectivity index (χ2n) is 6.14. The van der Waals surface area contributed by atoms with Gasteiger partial charge in [0, 0.05) is 18.2 Å². The number of methoxy groups -OCH3 is 1. The molecule has 0 saturated heterocycles. The van der Waals surface area contributed by atoms with E-state index in [1.807, 2.05) is 18.2 Å². The summed E-state index contributed by atoms with van der Waals surface area (Å²) in [5.74, 6) is -2.25.